The Kier molecular flexibility index (Phi) is 3.75. The zero-order valence-corrected chi connectivity index (χ0v) is 13.2. The molecule has 3 N–H and O–H groups in total. The Bertz CT molecular complexity index is 737. The average Bonchev–Trinajstić information content (AvgIpc) is 2.50. The van der Waals surface area contributed by atoms with Crippen molar-refractivity contribution in [3.8, 4) is 5.75 Å². The minimum Gasteiger partial charge on any atom is -0.480 e. The lowest BCUT2D eigenvalue weighted by Gasteiger charge is -2.26. The van der Waals surface area contributed by atoms with Crippen LogP contribution >= 0.6 is 0 Å². The van der Waals surface area contributed by atoms with E-state index in [0.717, 1.165) is 29.4 Å². The average molecular weight is 295 g/mol. The second-order valence-electron chi connectivity index (χ2n) is 5.66. The first-order valence-electron chi connectivity index (χ1n) is 7.56. The molecule has 4 nitrogen and oxygen atoms in total. The molecule has 22 heavy (non-hydrogen) atoms. The van der Waals surface area contributed by atoms with E-state index >= 15 is 0 Å². The maximum Gasteiger partial charge on any atom is 0.156 e. The molecule has 0 fully saturated rings. The Labute approximate surface area is 131 Å². The number of ether oxygens (including phenoxy) is 1. The van der Waals surface area contributed by atoms with Crippen molar-refractivity contribution in [1.82, 2.24) is 0 Å². The predicted molar refractivity (Wildman–Crippen MR) is 92.2 cm³/mol. The Hall–Kier alpha value is -2.49. The van der Waals surface area contributed by atoms with Gasteiger partial charge in [-0.3, -0.25) is 0 Å². The van der Waals surface area contributed by atoms with Gasteiger partial charge < -0.3 is 15.8 Å². The van der Waals surface area contributed by atoms with E-state index in [1.807, 2.05) is 18.2 Å². The normalized spacial score (nSPS) is 16.5. The molecule has 0 spiro atoms. The second-order valence-corrected chi connectivity index (χ2v) is 5.66. The van der Waals surface area contributed by atoms with Crippen LogP contribution in [0.4, 0.5) is 17.1 Å². The van der Waals surface area contributed by atoms with Gasteiger partial charge in [0.1, 0.15) is 17.3 Å². The predicted octanol–water partition coefficient (Wildman–Crippen LogP) is 4.20. The number of nitrogens with zero attached hydrogens (tertiary/aromatic N) is 1. The van der Waals surface area contributed by atoms with E-state index in [2.05, 4.69) is 44.3 Å². The Morgan fingerprint density at radius 3 is 2.68 bits per heavy atom. The maximum atomic E-state index is 6.03. The molecule has 2 aromatic rings. The Morgan fingerprint density at radius 1 is 1.14 bits per heavy atom. The Morgan fingerprint density at radius 2 is 1.95 bits per heavy atom. The van der Waals surface area contributed by atoms with Crippen molar-refractivity contribution in [2.24, 2.45) is 4.99 Å². The molecule has 1 aliphatic heterocycles. The molecule has 1 atom stereocenters. The first-order valence-corrected chi connectivity index (χ1v) is 7.56. The molecule has 0 radical (unpaired) electrons. The lowest BCUT2D eigenvalue weighted by atomic mass is 10.1. The van der Waals surface area contributed by atoms with E-state index in [4.69, 9.17) is 15.5 Å². The van der Waals surface area contributed by atoms with Crippen LogP contribution < -0.4 is 15.8 Å². The molecule has 0 saturated carbocycles. The highest BCUT2D eigenvalue weighted by atomic mass is 16.5. The standard InChI is InChI=1S/C18H21N3O/c1-4-16-18(20-14-7-5-11(2)12(3)9-14)21-15-8-6-13(19)10-17(15)22-16/h5-10,16H,4,19H2,1-3H3,(H,20,21). The summed E-state index contributed by atoms with van der Waals surface area (Å²) < 4.78 is 6.03. The number of nitrogen functional groups attached to an aromatic ring is 1. The van der Waals surface area contributed by atoms with Gasteiger partial charge in [0.05, 0.1) is 0 Å². The molecule has 0 aromatic heterocycles. The van der Waals surface area contributed by atoms with E-state index < -0.39 is 0 Å². The zero-order valence-electron chi connectivity index (χ0n) is 13.2. The van der Waals surface area contributed by atoms with Crippen molar-refractivity contribution < 1.29 is 4.74 Å². The molecule has 2 aromatic carbocycles. The number of nitrogens with one attached hydrogen (secondary N) is 1. The molecule has 0 amide bonds. The van der Waals surface area contributed by atoms with Gasteiger partial charge in [-0.25, -0.2) is 4.99 Å². The van der Waals surface area contributed by atoms with Crippen molar-refractivity contribution in [3.63, 3.8) is 0 Å². The highest BCUT2D eigenvalue weighted by molar-refractivity contribution is 6.02. The van der Waals surface area contributed by atoms with E-state index in [9.17, 15) is 0 Å². The summed E-state index contributed by atoms with van der Waals surface area (Å²) in [6, 6.07) is 11.9. The van der Waals surface area contributed by atoms with Gasteiger partial charge in [0.2, 0.25) is 0 Å². The largest absolute Gasteiger partial charge is 0.480 e. The van der Waals surface area contributed by atoms with Crippen LogP contribution in [0.5, 0.6) is 5.75 Å². The number of hydrogen-bond acceptors (Lipinski definition) is 4. The third-order valence-corrected chi connectivity index (χ3v) is 3.95. The fraction of sp³-hybridized carbons (Fsp3) is 0.278. The van der Waals surface area contributed by atoms with Crippen molar-refractivity contribution in [2.75, 3.05) is 11.1 Å². The van der Waals surface area contributed by atoms with Crippen molar-refractivity contribution in [2.45, 2.75) is 33.3 Å². The molecule has 114 valence electrons. The molecule has 0 bridgehead atoms. The van der Waals surface area contributed by atoms with Gasteiger partial charge in [0.15, 0.2) is 6.10 Å². The number of fused-ring (bicyclic) bond motifs is 1. The van der Waals surface area contributed by atoms with Gasteiger partial charge in [-0.1, -0.05) is 13.0 Å². The summed E-state index contributed by atoms with van der Waals surface area (Å²) in [7, 11) is 0. The molecule has 4 heteroatoms. The Balaban J connectivity index is 1.93. The van der Waals surface area contributed by atoms with Crippen LogP contribution in [0, 0.1) is 13.8 Å². The summed E-state index contributed by atoms with van der Waals surface area (Å²) in [6.45, 7) is 6.30. The summed E-state index contributed by atoms with van der Waals surface area (Å²) in [5.74, 6) is 1.58. The van der Waals surface area contributed by atoms with Crippen molar-refractivity contribution >= 4 is 22.9 Å². The van der Waals surface area contributed by atoms with Crippen molar-refractivity contribution in [1.29, 1.82) is 0 Å². The van der Waals surface area contributed by atoms with Gasteiger partial charge in [-0.2, -0.15) is 0 Å². The summed E-state index contributed by atoms with van der Waals surface area (Å²) in [4.78, 5) is 4.71. The monoisotopic (exact) mass is 295 g/mol. The van der Waals surface area contributed by atoms with E-state index in [-0.39, 0.29) is 6.10 Å². The highest BCUT2D eigenvalue weighted by Gasteiger charge is 2.23. The number of hydrogen-bond donors (Lipinski definition) is 2. The molecule has 0 aliphatic carbocycles. The molecular formula is C18H21N3O. The number of aliphatic imine (C=N–C) groups is 1. The van der Waals surface area contributed by atoms with E-state index in [0.29, 0.717) is 5.69 Å². The zero-order chi connectivity index (χ0) is 15.7. The van der Waals surface area contributed by atoms with E-state index in [1.165, 1.54) is 11.1 Å². The number of rotatable bonds is 2. The lowest BCUT2D eigenvalue weighted by molar-refractivity contribution is 0.259. The molecule has 1 aliphatic rings. The molecular weight excluding hydrogens is 274 g/mol. The van der Waals surface area contributed by atoms with Crippen LogP contribution in [0.2, 0.25) is 0 Å². The summed E-state index contributed by atoms with van der Waals surface area (Å²) in [5.41, 5.74) is 10.9. The minimum absolute atomic E-state index is 0.0871. The first kappa shape index (κ1) is 14.4. The molecule has 3 rings (SSSR count). The van der Waals surface area contributed by atoms with Gasteiger partial charge in [0.25, 0.3) is 0 Å². The quantitative estimate of drug-likeness (QED) is 0.816. The van der Waals surface area contributed by atoms with Crippen LogP contribution in [0.15, 0.2) is 41.4 Å². The third kappa shape index (κ3) is 2.77. The van der Waals surface area contributed by atoms with Gasteiger partial charge in [0, 0.05) is 17.4 Å². The van der Waals surface area contributed by atoms with Crippen LogP contribution in [0.1, 0.15) is 24.5 Å². The van der Waals surface area contributed by atoms with Crippen LogP contribution in [0.3, 0.4) is 0 Å². The summed E-state index contributed by atoms with van der Waals surface area (Å²) in [5, 5.41) is 3.40. The molecule has 1 heterocycles. The van der Waals surface area contributed by atoms with E-state index in [1.54, 1.807) is 0 Å². The van der Waals surface area contributed by atoms with Crippen LogP contribution in [-0.2, 0) is 0 Å². The molecule has 0 saturated heterocycles. The first-order chi connectivity index (χ1) is 10.6. The van der Waals surface area contributed by atoms with Gasteiger partial charge in [-0.15, -0.1) is 0 Å². The lowest BCUT2D eigenvalue weighted by Crippen LogP contribution is -2.34. The van der Waals surface area contributed by atoms with Gasteiger partial charge >= 0.3 is 0 Å². The number of benzene rings is 2. The van der Waals surface area contributed by atoms with Gasteiger partial charge in [-0.05, 0) is 55.7 Å². The van der Waals surface area contributed by atoms with Crippen molar-refractivity contribution in [3.05, 3.63) is 47.5 Å². The maximum absolute atomic E-state index is 6.03. The highest BCUT2D eigenvalue weighted by Crippen LogP contribution is 2.35. The third-order valence-electron chi connectivity index (χ3n) is 3.95. The molecule has 1 unspecified atom stereocenters. The topological polar surface area (TPSA) is 59.6 Å². The fourth-order valence-electron chi connectivity index (χ4n) is 2.48. The number of amidine groups is 1. The summed E-state index contributed by atoms with van der Waals surface area (Å²) in [6.07, 6.45) is 0.751. The second kappa shape index (κ2) is 5.72. The summed E-state index contributed by atoms with van der Waals surface area (Å²) >= 11 is 0. The minimum atomic E-state index is -0.0871. The number of anilines is 2. The number of aryl methyl sites for hydroxylation is 2. The van der Waals surface area contributed by atoms with Crippen LogP contribution in [0.25, 0.3) is 0 Å². The number of nitrogens with two attached hydrogens (primary N) is 1. The van der Waals surface area contributed by atoms with Crippen LogP contribution in [-0.4, -0.2) is 11.9 Å². The smallest absolute Gasteiger partial charge is 0.156 e. The fourth-order valence-corrected chi connectivity index (χ4v) is 2.48. The SMILES string of the molecule is CCC1Oc2cc(N)ccc2N=C1Nc1ccc(C)c(C)c1.